The van der Waals surface area contributed by atoms with Gasteiger partial charge in [0.1, 0.15) is 0 Å². The average molecular weight is 293 g/mol. The van der Waals surface area contributed by atoms with E-state index >= 15 is 0 Å². The zero-order valence-electron chi connectivity index (χ0n) is 13.1. The number of carbonyl (C=O) groups excluding carboxylic acids is 1. The van der Waals surface area contributed by atoms with Crippen molar-refractivity contribution in [3.05, 3.63) is 12.3 Å². The molecule has 0 saturated carbocycles. The maximum atomic E-state index is 12.4. The first-order valence-corrected chi connectivity index (χ1v) is 7.32. The molecular formula is C15H23N3O3. The number of hydrogen-bond acceptors (Lipinski definition) is 6. The monoisotopic (exact) mass is 293 g/mol. The van der Waals surface area contributed by atoms with E-state index in [2.05, 4.69) is 23.8 Å². The largest absolute Gasteiger partial charge is 0.481 e. The molecule has 1 saturated heterocycles. The molecule has 0 radical (unpaired) electrons. The van der Waals surface area contributed by atoms with Crippen molar-refractivity contribution >= 4 is 11.9 Å². The van der Waals surface area contributed by atoms with E-state index in [1.165, 1.54) is 0 Å². The summed E-state index contributed by atoms with van der Waals surface area (Å²) in [5.74, 6) is 1.21. The van der Waals surface area contributed by atoms with Gasteiger partial charge in [0, 0.05) is 25.4 Å². The summed E-state index contributed by atoms with van der Waals surface area (Å²) in [5, 5.41) is 0. The second kappa shape index (κ2) is 6.28. The van der Waals surface area contributed by atoms with E-state index in [-0.39, 0.29) is 11.9 Å². The molecule has 116 valence electrons. The van der Waals surface area contributed by atoms with Crippen LogP contribution >= 0.6 is 0 Å². The van der Waals surface area contributed by atoms with Crippen LogP contribution in [-0.4, -0.2) is 42.7 Å². The van der Waals surface area contributed by atoms with Gasteiger partial charge >= 0.3 is 5.97 Å². The highest BCUT2D eigenvalue weighted by Crippen LogP contribution is 2.40. The molecule has 1 fully saturated rings. The molecule has 1 aliphatic rings. The van der Waals surface area contributed by atoms with E-state index in [1.807, 2.05) is 11.8 Å². The SMILES string of the molecule is CCOC(=O)C1(C(C)C)CCN(c2nccc(OC)n2)C1. The van der Waals surface area contributed by atoms with Crippen LogP contribution < -0.4 is 9.64 Å². The smallest absolute Gasteiger partial charge is 0.314 e. The third-order valence-electron chi connectivity index (χ3n) is 4.20. The number of aromatic nitrogens is 2. The topological polar surface area (TPSA) is 64.5 Å². The number of hydrogen-bond donors (Lipinski definition) is 0. The fourth-order valence-corrected chi connectivity index (χ4v) is 2.75. The van der Waals surface area contributed by atoms with E-state index in [9.17, 15) is 4.79 Å². The Hall–Kier alpha value is -1.85. The lowest BCUT2D eigenvalue weighted by molar-refractivity contribution is -0.156. The Balaban J connectivity index is 2.21. The molecule has 1 aliphatic heterocycles. The van der Waals surface area contributed by atoms with Crippen LogP contribution in [0.5, 0.6) is 5.88 Å². The molecule has 21 heavy (non-hydrogen) atoms. The summed E-state index contributed by atoms with van der Waals surface area (Å²) < 4.78 is 10.4. The van der Waals surface area contributed by atoms with E-state index in [4.69, 9.17) is 9.47 Å². The molecule has 0 N–H and O–H groups in total. The zero-order valence-corrected chi connectivity index (χ0v) is 13.1. The number of ether oxygens (including phenoxy) is 2. The van der Waals surface area contributed by atoms with Crippen molar-refractivity contribution in [3.8, 4) is 5.88 Å². The zero-order chi connectivity index (χ0) is 15.5. The Morgan fingerprint density at radius 2 is 2.29 bits per heavy atom. The number of methoxy groups -OCH3 is 1. The summed E-state index contributed by atoms with van der Waals surface area (Å²) in [6.45, 7) is 7.69. The molecule has 2 rings (SSSR count). The lowest BCUT2D eigenvalue weighted by atomic mass is 9.76. The molecule has 1 unspecified atom stereocenters. The lowest BCUT2D eigenvalue weighted by Gasteiger charge is -2.30. The molecule has 6 nitrogen and oxygen atoms in total. The van der Waals surface area contributed by atoms with Crippen LogP contribution in [0.25, 0.3) is 0 Å². The number of carbonyl (C=O) groups is 1. The molecular weight excluding hydrogens is 270 g/mol. The Morgan fingerprint density at radius 1 is 1.52 bits per heavy atom. The Morgan fingerprint density at radius 3 is 2.90 bits per heavy atom. The summed E-state index contributed by atoms with van der Waals surface area (Å²) in [4.78, 5) is 23.0. The van der Waals surface area contributed by atoms with Gasteiger partial charge in [-0.25, -0.2) is 4.98 Å². The Kier molecular flexibility index (Phi) is 4.65. The number of rotatable bonds is 5. The first-order chi connectivity index (χ1) is 10.0. The molecule has 1 aromatic heterocycles. The summed E-state index contributed by atoms with van der Waals surface area (Å²) in [7, 11) is 1.58. The van der Waals surface area contributed by atoms with E-state index in [0.717, 1.165) is 13.0 Å². The minimum absolute atomic E-state index is 0.120. The van der Waals surface area contributed by atoms with Gasteiger partial charge in [-0.15, -0.1) is 0 Å². The number of nitrogens with zero attached hydrogens (tertiary/aromatic N) is 3. The van der Waals surface area contributed by atoms with Crippen molar-refractivity contribution in [1.82, 2.24) is 9.97 Å². The highest BCUT2D eigenvalue weighted by molar-refractivity contribution is 5.79. The summed E-state index contributed by atoms with van der Waals surface area (Å²) in [6.07, 6.45) is 2.42. The van der Waals surface area contributed by atoms with Gasteiger partial charge in [0.05, 0.1) is 19.1 Å². The molecule has 0 aliphatic carbocycles. The van der Waals surface area contributed by atoms with E-state index in [0.29, 0.717) is 25.0 Å². The molecule has 0 amide bonds. The van der Waals surface area contributed by atoms with Gasteiger partial charge in [-0.3, -0.25) is 4.79 Å². The van der Waals surface area contributed by atoms with E-state index in [1.54, 1.807) is 19.4 Å². The molecule has 0 bridgehead atoms. The number of esters is 1. The van der Waals surface area contributed by atoms with Crippen LogP contribution in [0, 0.1) is 11.3 Å². The van der Waals surface area contributed by atoms with Gasteiger partial charge in [-0.05, 0) is 19.3 Å². The second-order valence-corrected chi connectivity index (χ2v) is 5.60. The van der Waals surface area contributed by atoms with Gasteiger partial charge in [0.2, 0.25) is 11.8 Å². The van der Waals surface area contributed by atoms with Gasteiger partial charge in [-0.1, -0.05) is 13.8 Å². The van der Waals surface area contributed by atoms with Crippen LogP contribution in [-0.2, 0) is 9.53 Å². The van der Waals surface area contributed by atoms with Crippen molar-refractivity contribution in [1.29, 1.82) is 0 Å². The molecule has 0 spiro atoms. The van der Waals surface area contributed by atoms with Gasteiger partial charge in [0.25, 0.3) is 0 Å². The standard InChI is InChI=1S/C15H23N3O3/c1-5-21-13(19)15(11(2)3)7-9-18(10-15)14-16-8-6-12(17-14)20-4/h6,8,11H,5,7,9-10H2,1-4H3. The third-order valence-corrected chi connectivity index (χ3v) is 4.20. The Bertz CT molecular complexity index is 507. The highest BCUT2D eigenvalue weighted by Gasteiger charge is 2.48. The minimum atomic E-state index is -0.484. The van der Waals surface area contributed by atoms with Crippen molar-refractivity contribution in [2.45, 2.75) is 27.2 Å². The minimum Gasteiger partial charge on any atom is -0.481 e. The third kappa shape index (κ3) is 2.94. The number of anilines is 1. The summed E-state index contributed by atoms with van der Waals surface area (Å²) in [5.41, 5.74) is -0.484. The lowest BCUT2D eigenvalue weighted by Crippen LogP contribution is -2.41. The maximum Gasteiger partial charge on any atom is 0.314 e. The fourth-order valence-electron chi connectivity index (χ4n) is 2.75. The molecule has 1 atom stereocenters. The van der Waals surface area contributed by atoms with Crippen LogP contribution in [0.1, 0.15) is 27.2 Å². The Labute approximate surface area is 125 Å². The maximum absolute atomic E-state index is 12.4. The molecule has 1 aromatic rings. The van der Waals surface area contributed by atoms with Crippen LogP contribution in [0.3, 0.4) is 0 Å². The molecule has 6 heteroatoms. The highest BCUT2D eigenvalue weighted by atomic mass is 16.5. The first-order valence-electron chi connectivity index (χ1n) is 7.32. The van der Waals surface area contributed by atoms with Crippen LogP contribution in [0.4, 0.5) is 5.95 Å². The molecule has 2 heterocycles. The first kappa shape index (κ1) is 15.5. The van der Waals surface area contributed by atoms with Crippen LogP contribution in [0.15, 0.2) is 12.3 Å². The van der Waals surface area contributed by atoms with Gasteiger partial charge < -0.3 is 14.4 Å². The normalized spacial score (nSPS) is 21.7. The fraction of sp³-hybridized carbons (Fsp3) is 0.667. The average Bonchev–Trinajstić information content (AvgIpc) is 2.94. The molecule has 0 aromatic carbocycles. The predicted octanol–water partition coefficient (Wildman–Crippen LogP) is 1.90. The van der Waals surface area contributed by atoms with Crippen molar-refractivity contribution in [2.24, 2.45) is 11.3 Å². The second-order valence-electron chi connectivity index (χ2n) is 5.60. The van der Waals surface area contributed by atoms with Crippen molar-refractivity contribution < 1.29 is 14.3 Å². The van der Waals surface area contributed by atoms with Crippen molar-refractivity contribution in [2.75, 3.05) is 31.7 Å². The quantitative estimate of drug-likeness (QED) is 0.773. The van der Waals surface area contributed by atoms with Gasteiger partial charge in [0.15, 0.2) is 0 Å². The van der Waals surface area contributed by atoms with E-state index < -0.39 is 5.41 Å². The van der Waals surface area contributed by atoms with Gasteiger partial charge in [-0.2, -0.15) is 4.98 Å². The summed E-state index contributed by atoms with van der Waals surface area (Å²) in [6, 6.07) is 1.71. The van der Waals surface area contributed by atoms with Crippen LogP contribution in [0.2, 0.25) is 0 Å². The summed E-state index contributed by atoms with van der Waals surface area (Å²) >= 11 is 0. The van der Waals surface area contributed by atoms with Crippen molar-refractivity contribution in [3.63, 3.8) is 0 Å². The predicted molar refractivity (Wildman–Crippen MR) is 79.3 cm³/mol.